The van der Waals surface area contributed by atoms with Crippen LogP contribution in [-0.4, -0.2) is 38.1 Å². The van der Waals surface area contributed by atoms with Gasteiger partial charge in [-0.25, -0.2) is 19.2 Å². The van der Waals surface area contributed by atoms with Gasteiger partial charge in [-0.15, -0.1) is 0 Å². The Morgan fingerprint density at radius 2 is 0.760 bits per heavy atom. The molecule has 0 atom stereocenters. The van der Waals surface area contributed by atoms with Crippen molar-refractivity contribution in [3.8, 4) is 0 Å². The third-order valence-electron chi connectivity index (χ3n) is 3.10. The van der Waals surface area contributed by atoms with E-state index in [2.05, 4.69) is 14.2 Å². The first kappa shape index (κ1) is 18.0. The van der Waals surface area contributed by atoms with Gasteiger partial charge in [-0.1, -0.05) is 24.3 Å². The molecule has 25 heavy (non-hydrogen) atoms. The first-order valence-electron chi connectivity index (χ1n) is 7.10. The topological polar surface area (TPSA) is 96.0 Å². The van der Waals surface area contributed by atoms with Crippen molar-refractivity contribution < 1.29 is 33.4 Å². The van der Waals surface area contributed by atoms with Crippen molar-refractivity contribution in [1.29, 1.82) is 0 Å². The zero-order valence-corrected chi connectivity index (χ0v) is 13.5. The second-order valence-corrected chi connectivity index (χ2v) is 4.85. The summed E-state index contributed by atoms with van der Waals surface area (Å²) in [6.45, 7) is 0. The first-order chi connectivity index (χ1) is 12.0. The molecule has 7 heteroatoms. The Balaban J connectivity index is 0.000000156. The second-order valence-electron chi connectivity index (χ2n) is 4.85. The quantitative estimate of drug-likeness (QED) is 0.535. The molecule has 2 aliphatic rings. The van der Waals surface area contributed by atoms with Crippen LogP contribution in [0.4, 0.5) is 0 Å². The Morgan fingerprint density at radius 1 is 0.560 bits per heavy atom. The lowest BCUT2D eigenvalue weighted by molar-refractivity contribution is 0.0425. The largest absolute Gasteiger partial charge is 0.388 e. The molecule has 0 N–H and O–H groups in total. The highest BCUT2D eigenvalue weighted by molar-refractivity contribution is 6.15. The number of cyclic esters (lactones) is 4. The number of esters is 4. The van der Waals surface area contributed by atoms with E-state index in [0.29, 0.717) is 22.3 Å². The highest BCUT2D eigenvalue weighted by atomic mass is 16.6. The maximum atomic E-state index is 10.8. The summed E-state index contributed by atoms with van der Waals surface area (Å²) in [7, 11) is 3.25. The van der Waals surface area contributed by atoms with E-state index in [-0.39, 0.29) is 0 Å². The van der Waals surface area contributed by atoms with Crippen LogP contribution in [-0.2, 0) is 14.2 Å². The van der Waals surface area contributed by atoms with Crippen molar-refractivity contribution in [3.63, 3.8) is 0 Å². The molecule has 0 amide bonds. The fourth-order valence-corrected chi connectivity index (χ4v) is 2.07. The average molecular weight is 342 g/mol. The van der Waals surface area contributed by atoms with Crippen LogP contribution in [0, 0.1) is 0 Å². The van der Waals surface area contributed by atoms with Crippen molar-refractivity contribution in [1.82, 2.24) is 0 Å². The summed E-state index contributed by atoms with van der Waals surface area (Å²) in [5, 5.41) is 0. The monoisotopic (exact) mass is 342 g/mol. The van der Waals surface area contributed by atoms with E-state index in [0.717, 1.165) is 0 Å². The number of fused-ring (bicyclic) bond motifs is 2. The minimum atomic E-state index is -0.550. The number of carbonyl (C=O) groups is 4. The fourth-order valence-electron chi connectivity index (χ4n) is 2.07. The number of hydrogen-bond donors (Lipinski definition) is 0. The van der Waals surface area contributed by atoms with Crippen LogP contribution in [0.2, 0.25) is 0 Å². The smallest absolute Gasteiger partial charge is 0.346 e. The molecule has 4 rings (SSSR count). The van der Waals surface area contributed by atoms with E-state index in [1.54, 1.807) is 62.8 Å². The molecule has 7 nitrogen and oxygen atoms in total. The Kier molecular flexibility index (Phi) is 5.75. The van der Waals surface area contributed by atoms with E-state index >= 15 is 0 Å². The van der Waals surface area contributed by atoms with Gasteiger partial charge in [0.05, 0.1) is 22.3 Å². The molecule has 128 valence electrons. The van der Waals surface area contributed by atoms with Gasteiger partial charge in [0.15, 0.2) is 0 Å². The number of rotatable bonds is 0. The summed E-state index contributed by atoms with van der Waals surface area (Å²) in [4.78, 5) is 43.3. The van der Waals surface area contributed by atoms with Crippen LogP contribution in [0.3, 0.4) is 0 Å². The maximum Gasteiger partial charge on any atom is 0.346 e. The molecule has 2 heterocycles. The van der Waals surface area contributed by atoms with Gasteiger partial charge in [-0.05, 0) is 24.3 Å². The Hall–Kier alpha value is -3.32. The van der Waals surface area contributed by atoms with Gasteiger partial charge in [0.2, 0.25) is 0 Å². The summed E-state index contributed by atoms with van der Waals surface area (Å²) in [6.07, 6.45) is 0. The minimum Gasteiger partial charge on any atom is -0.388 e. The maximum absolute atomic E-state index is 10.8. The van der Waals surface area contributed by atoms with Crippen molar-refractivity contribution >= 4 is 23.9 Å². The lowest BCUT2D eigenvalue weighted by atomic mass is 10.1. The van der Waals surface area contributed by atoms with Gasteiger partial charge in [0.1, 0.15) is 0 Å². The second kappa shape index (κ2) is 7.98. The van der Waals surface area contributed by atoms with Crippen LogP contribution in [0.5, 0.6) is 0 Å². The number of benzene rings is 2. The summed E-state index contributed by atoms with van der Waals surface area (Å²) in [6, 6.07) is 13.1. The lowest BCUT2D eigenvalue weighted by Crippen LogP contribution is -1.96. The van der Waals surface area contributed by atoms with Crippen LogP contribution in [0.1, 0.15) is 41.4 Å². The van der Waals surface area contributed by atoms with Crippen LogP contribution in [0.15, 0.2) is 48.5 Å². The summed E-state index contributed by atoms with van der Waals surface area (Å²) < 4.78 is 13.0. The number of carbonyl (C=O) groups excluding carboxylic acids is 4. The minimum absolute atomic E-state index is 0.359. The third kappa shape index (κ3) is 3.96. The third-order valence-corrected chi connectivity index (χ3v) is 3.10. The van der Waals surface area contributed by atoms with Gasteiger partial charge in [-0.3, -0.25) is 0 Å². The molecule has 0 bridgehead atoms. The van der Waals surface area contributed by atoms with Gasteiger partial charge in [-0.2, -0.15) is 0 Å². The Bertz CT molecular complexity index is 703. The number of hydrogen-bond acceptors (Lipinski definition) is 7. The SMILES string of the molecule is COC.O=C1OC(=O)c2ccccc21.O=C1OC(=O)c2ccccc21. The molecular formula is C18H14O7. The normalized spacial score (nSPS) is 13.5. The number of ether oxygens (including phenoxy) is 3. The van der Waals surface area contributed by atoms with Crippen LogP contribution in [0.25, 0.3) is 0 Å². The van der Waals surface area contributed by atoms with E-state index in [4.69, 9.17) is 0 Å². The van der Waals surface area contributed by atoms with Crippen LogP contribution >= 0.6 is 0 Å². The van der Waals surface area contributed by atoms with E-state index in [1.165, 1.54) is 0 Å². The fraction of sp³-hybridized carbons (Fsp3) is 0.111. The van der Waals surface area contributed by atoms with Crippen molar-refractivity contribution in [2.24, 2.45) is 0 Å². The van der Waals surface area contributed by atoms with Crippen molar-refractivity contribution in [3.05, 3.63) is 70.8 Å². The Labute approximate surface area is 143 Å². The lowest BCUT2D eigenvalue weighted by Gasteiger charge is -1.86. The summed E-state index contributed by atoms with van der Waals surface area (Å²) >= 11 is 0. The highest BCUT2D eigenvalue weighted by Crippen LogP contribution is 2.19. The molecule has 2 aliphatic heterocycles. The average Bonchev–Trinajstić information content (AvgIpc) is 3.06. The van der Waals surface area contributed by atoms with Gasteiger partial charge in [0, 0.05) is 14.2 Å². The molecular weight excluding hydrogens is 328 g/mol. The summed E-state index contributed by atoms with van der Waals surface area (Å²) in [5.41, 5.74) is 1.44. The number of methoxy groups -OCH3 is 1. The zero-order valence-electron chi connectivity index (χ0n) is 13.5. The molecule has 0 aliphatic carbocycles. The molecule has 0 radical (unpaired) electrons. The predicted molar refractivity (Wildman–Crippen MR) is 85.3 cm³/mol. The van der Waals surface area contributed by atoms with Crippen molar-refractivity contribution in [2.75, 3.05) is 14.2 Å². The molecule has 0 spiro atoms. The first-order valence-corrected chi connectivity index (χ1v) is 7.10. The molecule has 0 saturated carbocycles. The molecule has 0 aromatic heterocycles. The molecule has 0 fully saturated rings. The molecule has 2 aromatic carbocycles. The molecule has 0 unspecified atom stereocenters. The Morgan fingerprint density at radius 3 is 0.960 bits per heavy atom. The van der Waals surface area contributed by atoms with E-state index < -0.39 is 23.9 Å². The molecule has 0 saturated heterocycles. The molecule has 2 aromatic rings. The predicted octanol–water partition coefficient (Wildman–Crippen LogP) is 2.26. The van der Waals surface area contributed by atoms with Crippen LogP contribution < -0.4 is 0 Å². The summed E-state index contributed by atoms with van der Waals surface area (Å²) in [5.74, 6) is -2.20. The van der Waals surface area contributed by atoms with E-state index in [1.807, 2.05) is 0 Å². The van der Waals surface area contributed by atoms with Gasteiger partial charge < -0.3 is 14.2 Å². The van der Waals surface area contributed by atoms with E-state index in [9.17, 15) is 19.2 Å². The van der Waals surface area contributed by atoms with Gasteiger partial charge in [0.25, 0.3) is 0 Å². The van der Waals surface area contributed by atoms with Gasteiger partial charge >= 0.3 is 23.9 Å². The highest BCUT2D eigenvalue weighted by Gasteiger charge is 2.29. The van der Waals surface area contributed by atoms with Crippen molar-refractivity contribution in [2.45, 2.75) is 0 Å². The standard InChI is InChI=1S/2C8H4O3.C2H6O/c2*9-7-5-3-1-2-4-6(5)8(10)11-7;1-3-2/h2*1-4H;1-2H3. The zero-order chi connectivity index (χ0) is 18.4.